The Hall–Kier alpha value is -0.0400. The summed E-state index contributed by atoms with van der Waals surface area (Å²) in [6, 6.07) is 0.742. The molecular formula is C13H29N. The SMILES string of the molecule is CCCCCC(C)C(CC)NCCC. The van der Waals surface area contributed by atoms with Crippen LogP contribution in [0.5, 0.6) is 0 Å². The van der Waals surface area contributed by atoms with Gasteiger partial charge < -0.3 is 5.32 Å². The van der Waals surface area contributed by atoms with E-state index >= 15 is 0 Å². The monoisotopic (exact) mass is 199 g/mol. The summed E-state index contributed by atoms with van der Waals surface area (Å²) in [5.74, 6) is 0.845. The van der Waals surface area contributed by atoms with Gasteiger partial charge in [-0.3, -0.25) is 0 Å². The predicted molar refractivity (Wildman–Crippen MR) is 65.7 cm³/mol. The molecule has 0 aromatic carbocycles. The minimum absolute atomic E-state index is 0.742. The minimum atomic E-state index is 0.742. The molecule has 0 bridgehead atoms. The zero-order valence-corrected chi connectivity index (χ0v) is 10.6. The van der Waals surface area contributed by atoms with Crippen molar-refractivity contribution in [3.8, 4) is 0 Å². The van der Waals surface area contributed by atoms with E-state index in [0.717, 1.165) is 12.0 Å². The third kappa shape index (κ3) is 6.42. The Morgan fingerprint density at radius 1 is 1.00 bits per heavy atom. The van der Waals surface area contributed by atoms with E-state index in [0.29, 0.717) is 0 Å². The molecule has 0 amide bonds. The molecule has 14 heavy (non-hydrogen) atoms. The molecule has 2 atom stereocenters. The van der Waals surface area contributed by atoms with Crippen molar-refractivity contribution < 1.29 is 0 Å². The first-order valence-corrected chi connectivity index (χ1v) is 6.49. The maximum Gasteiger partial charge on any atom is 0.00900 e. The van der Waals surface area contributed by atoms with Crippen LogP contribution in [0.4, 0.5) is 0 Å². The molecule has 0 radical (unpaired) electrons. The van der Waals surface area contributed by atoms with E-state index in [1.165, 1.54) is 45.1 Å². The molecule has 0 spiro atoms. The molecule has 0 aliphatic rings. The van der Waals surface area contributed by atoms with Crippen molar-refractivity contribution in [1.29, 1.82) is 0 Å². The highest BCUT2D eigenvalue weighted by Gasteiger charge is 2.13. The fraction of sp³-hybridized carbons (Fsp3) is 1.00. The van der Waals surface area contributed by atoms with E-state index in [1.54, 1.807) is 0 Å². The van der Waals surface area contributed by atoms with Crippen LogP contribution < -0.4 is 5.32 Å². The number of nitrogens with one attached hydrogen (secondary N) is 1. The van der Waals surface area contributed by atoms with Crippen LogP contribution in [0.25, 0.3) is 0 Å². The third-order valence-corrected chi connectivity index (χ3v) is 3.05. The molecule has 2 unspecified atom stereocenters. The average Bonchev–Trinajstić information content (AvgIpc) is 2.19. The van der Waals surface area contributed by atoms with Gasteiger partial charge in [0.2, 0.25) is 0 Å². The van der Waals surface area contributed by atoms with Gasteiger partial charge in [0, 0.05) is 6.04 Å². The molecule has 0 aliphatic carbocycles. The van der Waals surface area contributed by atoms with Crippen molar-refractivity contribution in [3.63, 3.8) is 0 Å². The van der Waals surface area contributed by atoms with Gasteiger partial charge in [0.05, 0.1) is 0 Å². The Kier molecular flexibility index (Phi) is 9.49. The van der Waals surface area contributed by atoms with E-state index < -0.39 is 0 Å². The zero-order chi connectivity index (χ0) is 10.8. The highest BCUT2D eigenvalue weighted by molar-refractivity contribution is 4.71. The summed E-state index contributed by atoms with van der Waals surface area (Å²) in [7, 11) is 0. The fourth-order valence-electron chi connectivity index (χ4n) is 2.00. The van der Waals surface area contributed by atoms with Crippen LogP contribution in [0, 0.1) is 5.92 Å². The molecule has 86 valence electrons. The highest BCUT2D eigenvalue weighted by Crippen LogP contribution is 2.15. The van der Waals surface area contributed by atoms with E-state index in [9.17, 15) is 0 Å². The first kappa shape index (κ1) is 14.0. The van der Waals surface area contributed by atoms with E-state index in [1.807, 2.05) is 0 Å². The molecule has 0 heterocycles. The van der Waals surface area contributed by atoms with E-state index in [-0.39, 0.29) is 0 Å². The largest absolute Gasteiger partial charge is 0.314 e. The van der Waals surface area contributed by atoms with Crippen LogP contribution in [0.3, 0.4) is 0 Å². The molecule has 0 rings (SSSR count). The maximum absolute atomic E-state index is 3.65. The Labute approximate surface area is 90.7 Å². The van der Waals surface area contributed by atoms with Crippen LogP contribution in [-0.4, -0.2) is 12.6 Å². The van der Waals surface area contributed by atoms with E-state index in [4.69, 9.17) is 0 Å². The van der Waals surface area contributed by atoms with Gasteiger partial charge in [-0.05, 0) is 31.7 Å². The minimum Gasteiger partial charge on any atom is -0.314 e. The second-order valence-electron chi connectivity index (χ2n) is 4.44. The Morgan fingerprint density at radius 3 is 2.21 bits per heavy atom. The van der Waals surface area contributed by atoms with Crippen molar-refractivity contribution in [2.24, 2.45) is 5.92 Å². The predicted octanol–water partition coefficient (Wildman–Crippen LogP) is 3.98. The average molecular weight is 199 g/mol. The second-order valence-corrected chi connectivity index (χ2v) is 4.44. The third-order valence-electron chi connectivity index (χ3n) is 3.05. The second kappa shape index (κ2) is 9.51. The van der Waals surface area contributed by atoms with Gasteiger partial charge in [-0.25, -0.2) is 0 Å². The van der Waals surface area contributed by atoms with Crippen molar-refractivity contribution >= 4 is 0 Å². The van der Waals surface area contributed by atoms with Crippen LogP contribution in [0.15, 0.2) is 0 Å². The van der Waals surface area contributed by atoms with Crippen molar-refractivity contribution in [2.45, 2.75) is 72.3 Å². The highest BCUT2D eigenvalue weighted by atomic mass is 14.9. The van der Waals surface area contributed by atoms with Gasteiger partial charge in [0.25, 0.3) is 0 Å². The Morgan fingerprint density at radius 2 is 1.71 bits per heavy atom. The van der Waals surface area contributed by atoms with Crippen molar-refractivity contribution in [2.75, 3.05) is 6.54 Å². The van der Waals surface area contributed by atoms with Gasteiger partial charge in [-0.15, -0.1) is 0 Å². The molecule has 0 aromatic rings. The van der Waals surface area contributed by atoms with Gasteiger partial charge in [-0.1, -0.05) is 47.0 Å². The van der Waals surface area contributed by atoms with Crippen molar-refractivity contribution in [1.82, 2.24) is 5.32 Å². The molecule has 0 aromatic heterocycles. The molecule has 1 nitrogen and oxygen atoms in total. The van der Waals surface area contributed by atoms with Crippen LogP contribution >= 0.6 is 0 Å². The normalized spacial score (nSPS) is 15.4. The molecule has 0 aliphatic heterocycles. The van der Waals surface area contributed by atoms with Gasteiger partial charge >= 0.3 is 0 Å². The first-order valence-electron chi connectivity index (χ1n) is 6.49. The molecule has 1 heteroatoms. The molecule has 1 N–H and O–H groups in total. The number of hydrogen-bond acceptors (Lipinski definition) is 1. The van der Waals surface area contributed by atoms with Crippen molar-refractivity contribution in [3.05, 3.63) is 0 Å². The quantitative estimate of drug-likeness (QED) is 0.554. The first-order chi connectivity index (χ1) is 6.76. The number of unbranched alkanes of at least 4 members (excludes halogenated alkanes) is 2. The standard InChI is InChI=1S/C13H29N/c1-5-8-9-10-12(4)13(7-3)14-11-6-2/h12-14H,5-11H2,1-4H3. The number of rotatable bonds is 9. The lowest BCUT2D eigenvalue weighted by Gasteiger charge is -2.23. The topological polar surface area (TPSA) is 12.0 Å². The molecule has 0 saturated carbocycles. The summed E-state index contributed by atoms with van der Waals surface area (Å²) < 4.78 is 0. The van der Waals surface area contributed by atoms with E-state index in [2.05, 4.69) is 33.0 Å². The van der Waals surface area contributed by atoms with Crippen LogP contribution in [0.1, 0.15) is 66.2 Å². The van der Waals surface area contributed by atoms with Crippen LogP contribution in [-0.2, 0) is 0 Å². The molecular weight excluding hydrogens is 170 g/mol. The summed E-state index contributed by atoms with van der Waals surface area (Å²) in [6.07, 6.45) is 8.05. The Bertz CT molecular complexity index is 112. The zero-order valence-electron chi connectivity index (χ0n) is 10.6. The summed E-state index contributed by atoms with van der Waals surface area (Å²) in [4.78, 5) is 0. The Balaban J connectivity index is 3.61. The van der Waals surface area contributed by atoms with Gasteiger partial charge in [-0.2, -0.15) is 0 Å². The lowest BCUT2D eigenvalue weighted by Crippen LogP contribution is -2.34. The van der Waals surface area contributed by atoms with Gasteiger partial charge in [0.15, 0.2) is 0 Å². The summed E-state index contributed by atoms with van der Waals surface area (Å²) in [6.45, 7) is 10.4. The lowest BCUT2D eigenvalue weighted by molar-refractivity contribution is 0.339. The smallest absolute Gasteiger partial charge is 0.00900 e. The molecule has 0 saturated heterocycles. The summed E-state index contributed by atoms with van der Waals surface area (Å²) in [5.41, 5.74) is 0. The molecule has 0 fully saturated rings. The van der Waals surface area contributed by atoms with Crippen LogP contribution in [0.2, 0.25) is 0 Å². The van der Waals surface area contributed by atoms with Gasteiger partial charge in [0.1, 0.15) is 0 Å². The fourth-order valence-corrected chi connectivity index (χ4v) is 2.00. The summed E-state index contributed by atoms with van der Waals surface area (Å²) >= 11 is 0. The number of hydrogen-bond donors (Lipinski definition) is 1. The maximum atomic E-state index is 3.65. The summed E-state index contributed by atoms with van der Waals surface area (Å²) in [5, 5.41) is 3.65. The lowest BCUT2D eigenvalue weighted by atomic mass is 9.93.